The molecule has 0 radical (unpaired) electrons. The van der Waals surface area contributed by atoms with Gasteiger partial charge in [-0.05, 0) is 17.0 Å². The van der Waals surface area contributed by atoms with Crippen LogP contribution >= 0.6 is 11.8 Å². The zero-order valence-corrected chi connectivity index (χ0v) is 21.1. The molecule has 0 aliphatic rings. The van der Waals surface area contributed by atoms with Crippen LogP contribution in [-0.4, -0.2) is 41.5 Å². The van der Waals surface area contributed by atoms with Gasteiger partial charge in [0, 0.05) is 20.2 Å². The number of rotatable bonds is 11. The van der Waals surface area contributed by atoms with Crippen LogP contribution in [0.25, 0.3) is 0 Å². The lowest BCUT2D eigenvalue weighted by Crippen LogP contribution is -2.43. The van der Waals surface area contributed by atoms with Crippen molar-refractivity contribution in [3.8, 4) is 0 Å². The molecule has 9 heteroatoms. The fourth-order valence-corrected chi connectivity index (χ4v) is 4.97. The smallest absolute Gasteiger partial charge is 0.330 e. The summed E-state index contributed by atoms with van der Waals surface area (Å²) in [6.07, 6.45) is 0. The number of amides is 1. The van der Waals surface area contributed by atoms with Gasteiger partial charge < -0.3 is 15.4 Å². The quantitative estimate of drug-likeness (QED) is 0.422. The predicted octanol–water partition coefficient (Wildman–Crippen LogP) is 3.28. The summed E-state index contributed by atoms with van der Waals surface area (Å²) >= 11 is 1.47. The lowest BCUT2D eigenvalue weighted by Gasteiger charge is -2.25. The molecule has 3 aromatic rings. The van der Waals surface area contributed by atoms with E-state index in [4.69, 9.17) is 10.5 Å². The Balaban J connectivity index is 1.93. The fraction of sp³-hybridized carbons (Fsp3) is 0.346. The van der Waals surface area contributed by atoms with Crippen LogP contribution in [0.15, 0.2) is 70.3 Å². The van der Waals surface area contributed by atoms with Crippen LogP contribution in [0.3, 0.4) is 0 Å². The molecule has 8 nitrogen and oxygen atoms in total. The number of benzene rings is 2. The lowest BCUT2D eigenvalue weighted by molar-refractivity contribution is -0.116. The third kappa shape index (κ3) is 6.64. The van der Waals surface area contributed by atoms with Crippen molar-refractivity contribution in [1.29, 1.82) is 0 Å². The average molecular weight is 497 g/mol. The Labute approximate surface area is 209 Å². The summed E-state index contributed by atoms with van der Waals surface area (Å²) in [5.41, 5.74) is 7.12. The number of aromatic amines is 1. The summed E-state index contributed by atoms with van der Waals surface area (Å²) < 4.78 is 6.49. The van der Waals surface area contributed by atoms with Crippen LogP contribution < -0.4 is 21.9 Å². The van der Waals surface area contributed by atoms with E-state index >= 15 is 0 Å². The number of ether oxygens (including phenoxy) is 1. The number of anilines is 2. The topological polar surface area (TPSA) is 110 Å². The molecule has 1 amide bonds. The van der Waals surface area contributed by atoms with Crippen molar-refractivity contribution < 1.29 is 9.53 Å². The van der Waals surface area contributed by atoms with Gasteiger partial charge in [-0.3, -0.25) is 19.1 Å². The molecule has 35 heavy (non-hydrogen) atoms. The molecule has 186 valence electrons. The Morgan fingerprint density at radius 1 is 1.06 bits per heavy atom. The largest absolute Gasteiger partial charge is 0.383 e. The Morgan fingerprint density at radius 3 is 2.14 bits per heavy atom. The fourth-order valence-electron chi connectivity index (χ4n) is 3.80. The zero-order chi connectivity index (χ0) is 25.4. The highest BCUT2D eigenvalue weighted by atomic mass is 32.2. The summed E-state index contributed by atoms with van der Waals surface area (Å²) in [6, 6.07) is 19.9. The molecule has 1 heterocycles. The molecule has 0 atom stereocenters. The van der Waals surface area contributed by atoms with Gasteiger partial charge >= 0.3 is 5.69 Å². The molecule has 0 aliphatic heterocycles. The number of carbonyl (C=O) groups is 1. The van der Waals surface area contributed by atoms with E-state index in [1.54, 1.807) is 0 Å². The van der Waals surface area contributed by atoms with Gasteiger partial charge in [0.1, 0.15) is 5.82 Å². The van der Waals surface area contributed by atoms with Crippen LogP contribution in [0.4, 0.5) is 11.5 Å². The van der Waals surface area contributed by atoms with Crippen LogP contribution in [0.2, 0.25) is 0 Å². The third-order valence-corrected chi connectivity index (χ3v) is 6.72. The third-order valence-electron chi connectivity index (χ3n) is 5.43. The lowest BCUT2D eigenvalue weighted by atomic mass is 10.0. The van der Waals surface area contributed by atoms with Gasteiger partial charge in [-0.2, -0.15) is 0 Å². The molecule has 0 fully saturated rings. The molecule has 0 saturated heterocycles. The first-order valence-electron chi connectivity index (χ1n) is 11.5. The van der Waals surface area contributed by atoms with Crippen molar-refractivity contribution in [3.05, 3.63) is 92.6 Å². The van der Waals surface area contributed by atoms with Crippen LogP contribution in [0, 0.1) is 5.92 Å². The van der Waals surface area contributed by atoms with Crippen LogP contribution in [0.1, 0.15) is 30.2 Å². The number of hydrogen-bond acceptors (Lipinski definition) is 6. The van der Waals surface area contributed by atoms with Gasteiger partial charge in [0.25, 0.3) is 5.56 Å². The van der Waals surface area contributed by atoms with E-state index < -0.39 is 11.2 Å². The zero-order valence-electron chi connectivity index (χ0n) is 20.3. The number of nitrogens with zero attached hydrogens (tertiary/aromatic N) is 2. The number of H-pyrrole nitrogens is 1. The Morgan fingerprint density at radius 2 is 1.63 bits per heavy atom. The summed E-state index contributed by atoms with van der Waals surface area (Å²) in [6.45, 7) is 4.53. The minimum atomic E-state index is -0.690. The number of methoxy groups -OCH3 is 1. The molecule has 0 saturated carbocycles. The van der Waals surface area contributed by atoms with Gasteiger partial charge in [0.2, 0.25) is 5.91 Å². The molecule has 3 N–H and O–H groups in total. The van der Waals surface area contributed by atoms with E-state index in [1.807, 2.05) is 74.5 Å². The van der Waals surface area contributed by atoms with Crippen molar-refractivity contribution in [1.82, 2.24) is 9.55 Å². The van der Waals surface area contributed by atoms with Gasteiger partial charge in [0.15, 0.2) is 5.69 Å². The maximum absolute atomic E-state index is 13.5. The normalized spacial score (nSPS) is 11.2. The molecular weight excluding hydrogens is 464 g/mol. The summed E-state index contributed by atoms with van der Waals surface area (Å²) in [5, 5.41) is -0.0730. The minimum absolute atomic E-state index is 0.0235. The molecule has 3 rings (SSSR count). The van der Waals surface area contributed by atoms with Crippen LogP contribution in [-0.2, 0) is 16.1 Å². The molecule has 0 unspecified atom stereocenters. The van der Waals surface area contributed by atoms with Gasteiger partial charge in [-0.15, -0.1) is 11.8 Å². The number of hydrogen-bond donors (Lipinski definition) is 2. The SMILES string of the molecule is COCCN(C(=O)CSC(c1ccccc1)c1ccccc1)c1c(N)n(CC(C)C)c(=O)[nH]c1=O. The summed E-state index contributed by atoms with van der Waals surface area (Å²) in [4.78, 5) is 42.3. The van der Waals surface area contributed by atoms with Gasteiger partial charge in [0.05, 0.1) is 17.6 Å². The van der Waals surface area contributed by atoms with E-state index in [9.17, 15) is 14.4 Å². The number of nitrogens with one attached hydrogen (secondary N) is 1. The van der Waals surface area contributed by atoms with Crippen molar-refractivity contribution in [2.75, 3.05) is 36.6 Å². The van der Waals surface area contributed by atoms with E-state index in [1.165, 1.54) is 28.3 Å². The Bertz CT molecular complexity index is 1190. The van der Waals surface area contributed by atoms with Crippen molar-refractivity contribution in [3.63, 3.8) is 0 Å². The molecule has 0 bridgehead atoms. The Hall–Kier alpha value is -3.30. The van der Waals surface area contributed by atoms with E-state index in [-0.39, 0.29) is 47.5 Å². The predicted molar refractivity (Wildman–Crippen MR) is 142 cm³/mol. The highest BCUT2D eigenvalue weighted by Crippen LogP contribution is 2.35. The van der Waals surface area contributed by atoms with Crippen molar-refractivity contribution >= 4 is 29.2 Å². The number of nitrogen functional groups attached to an aromatic ring is 1. The molecule has 0 aliphatic carbocycles. The first-order valence-corrected chi connectivity index (χ1v) is 12.5. The van der Waals surface area contributed by atoms with Crippen molar-refractivity contribution in [2.24, 2.45) is 5.92 Å². The van der Waals surface area contributed by atoms with Crippen LogP contribution in [0.5, 0.6) is 0 Å². The second-order valence-electron chi connectivity index (χ2n) is 8.55. The average Bonchev–Trinajstić information content (AvgIpc) is 2.85. The first kappa shape index (κ1) is 26.3. The number of aromatic nitrogens is 2. The van der Waals surface area contributed by atoms with E-state index in [2.05, 4.69) is 4.98 Å². The number of nitrogens with two attached hydrogens (primary N) is 1. The van der Waals surface area contributed by atoms with Gasteiger partial charge in [-0.1, -0.05) is 74.5 Å². The van der Waals surface area contributed by atoms with Crippen molar-refractivity contribution in [2.45, 2.75) is 25.6 Å². The van der Waals surface area contributed by atoms with Gasteiger partial charge in [-0.25, -0.2) is 4.79 Å². The molecule has 0 spiro atoms. The Kier molecular flexibility index (Phi) is 9.33. The molecular formula is C26H32N4O4S. The summed E-state index contributed by atoms with van der Waals surface area (Å²) in [7, 11) is 1.52. The standard InChI is InChI=1S/C26H32N4O4S/c1-18(2)16-30-24(27)22(25(32)28-26(30)33)29(14-15-34-3)21(31)17-35-23(19-10-6-4-7-11-19)20-12-8-5-9-13-20/h4-13,18,23H,14-17,27H2,1-3H3,(H,28,32,33). The highest BCUT2D eigenvalue weighted by Gasteiger charge is 2.26. The summed E-state index contributed by atoms with van der Waals surface area (Å²) in [5.74, 6) is -0.106. The number of thioether (sulfide) groups is 1. The maximum atomic E-state index is 13.5. The highest BCUT2D eigenvalue weighted by molar-refractivity contribution is 8.00. The first-order chi connectivity index (χ1) is 16.8. The number of carbonyl (C=O) groups excluding carboxylic acids is 1. The monoisotopic (exact) mass is 496 g/mol. The van der Waals surface area contributed by atoms with E-state index in [0.717, 1.165) is 11.1 Å². The second kappa shape index (κ2) is 12.4. The second-order valence-corrected chi connectivity index (χ2v) is 9.64. The minimum Gasteiger partial charge on any atom is -0.383 e. The van der Waals surface area contributed by atoms with E-state index in [0.29, 0.717) is 6.54 Å². The maximum Gasteiger partial charge on any atom is 0.330 e. The molecule has 1 aromatic heterocycles. The molecule has 2 aromatic carbocycles.